The van der Waals surface area contributed by atoms with Gasteiger partial charge in [0.1, 0.15) is 11.5 Å². The Labute approximate surface area is 161 Å². The van der Waals surface area contributed by atoms with Crippen LogP contribution in [0.25, 0.3) is 0 Å². The van der Waals surface area contributed by atoms with E-state index in [1.165, 1.54) is 43.2 Å². The largest absolute Gasteiger partial charge is 0.508 e. The molecule has 140 valence electrons. The van der Waals surface area contributed by atoms with Crippen LogP contribution in [0.4, 0.5) is 0 Å². The van der Waals surface area contributed by atoms with Gasteiger partial charge in [0.05, 0.1) is 0 Å². The van der Waals surface area contributed by atoms with Crippen LogP contribution in [0.5, 0.6) is 11.5 Å². The van der Waals surface area contributed by atoms with Gasteiger partial charge in [0.25, 0.3) is 0 Å². The second-order valence-corrected chi connectivity index (χ2v) is 9.71. The average Bonchev–Trinajstić information content (AvgIpc) is 3.44. The molecule has 0 heterocycles. The van der Waals surface area contributed by atoms with Gasteiger partial charge < -0.3 is 10.2 Å². The Kier molecular flexibility index (Phi) is 3.43. The van der Waals surface area contributed by atoms with E-state index in [-0.39, 0.29) is 0 Å². The Hall–Kier alpha value is -1.96. The highest BCUT2D eigenvalue weighted by molar-refractivity contribution is 5.39. The van der Waals surface area contributed by atoms with E-state index in [0.717, 1.165) is 35.5 Å². The molecule has 7 atom stereocenters. The molecule has 0 aliphatic heterocycles. The minimum absolute atomic E-state index is 0.337. The molecule has 27 heavy (non-hydrogen) atoms. The van der Waals surface area contributed by atoms with E-state index < -0.39 is 0 Å². The molecular formula is C25H28O2. The summed E-state index contributed by atoms with van der Waals surface area (Å²) in [5.74, 6) is 7.60. The van der Waals surface area contributed by atoms with Gasteiger partial charge in [-0.15, -0.1) is 0 Å². The first kappa shape index (κ1) is 16.0. The maximum atomic E-state index is 9.78. The molecule has 4 bridgehead atoms. The zero-order chi connectivity index (χ0) is 18.1. The molecule has 2 N–H and O–H groups in total. The zero-order valence-electron chi connectivity index (χ0n) is 15.7. The van der Waals surface area contributed by atoms with E-state index in [2.05, 4.69) is 24.3 Å². The van der Waals surface area contributed by atoms with Gasteiger partial charge in [0.15, 0.2) is 0 Å². The number of rotatable bonds is 3. The zero-order valence-corrected chi connectivity index (χ0v) is 15.7. The molecule has 2 aromatic carbocycles. The molecular weight excluding hydrogens is 332 g/mol. The van der Waals surface area contributed by atoms with Gasteiger partial charge in [-0.25, -0.2) is 0 Å². The van der Waals surface area contributed by atoms with Gasteiger partial charge in [-0.2, -0.15) is 0 Å². The molecule has 4 fully saturated rings. The lowest BCUT2D eigenvalue weighted by atomic mass is 9.63. The van der Waals surface area contributed by atoms with Crippen LogP contribution in [0, 0.1) is 41.4 Å². The van der Waals surface area contributed by atoms with Crippen molar-refractivity contribution in [3.05, 3.63) is 59.7 Å². The molecule has 2 heteroatoms. The van der Waals surface area contributed by atoms with Crippen LogP contribution in [-0.2, 0) is 0 Å². The van der Waals surface area contributed by atoms with Crippen LogP contribution in [-0.4, -0.2) is 10.2 Å². The van der Waals surface area contributed by atoms with Crippen molar-refractivity contribution in [3.63, 3.8) is 0 Å². The Morgan fingerprint density at radius 3 is 1.78 bits per heavy atom. The van der Waals surface area contributed by atoms with Crippen molar-refractivity contribution < 1.29 is 10.2 Å². The van der Waals surface area contributed by atoms with Crippen molar-refractivity contribution in [2.45, 2.75) is 38.0 Å². The van der Waals surface area contributed by atoms with Crippen LogP contribution < -0.4 is 0 Å². The van der Waals surface area contributed by atoms with Gasteiger partial charge in [-0.3, -0.25) is 0 Å². The van der Waals surface area contributed by atoms with E-state index in [9.17, 15) is 10.2 Å². The third kappa shape index (κ3) is 2.31. The molecule has 4 aliphatic carbocycles. The molecule has 0 spiro atoms. The van der Waals surface area contributed by atoms with Crippen molar-refractivity contribution in [1.29, 1.82) is 0 Å². The van der Waals surface area contributed by atoms with E-state index >= 15 is 0 Å². The number of aromatic hydroxyl groups is 2. The summed E-state index contributed by atoms with van der Waals surface area (Å²) < 4.78 is 0. The molecule has 3 unspecified atom stereocenters. The minimum Gasteiger partial charge on any atom is -0.508 e. The fourth-order valence-electron chi connectivity index (χ4n) is 8.05. The molecule has 0 saturated heterocycles. The summed E-state index contributed by atoms with van der Waals surface area (Å²) in [6, 6.07) is 15.8. The van der Waals surface area contributed by atoms with Crippen molar-refractivity contribution in [1.82, 2.24) is 0 Å². The maximum absolute atomic E-state index is 9.78. The predicted molar refractivity (Wildman–Crippen MR) is 106 cm³/mol. The van der Waals surface area contributed by atoms with Crippen LogP contribution in [0.1, 0.15) is 49.1 Å². The molecule has 2 nitrogen and oxygen atoms in total. The summed E-state index contributed by atoms with van der Waals surface area (Å²) in [5, 5.41) is 19.6. The first-order chi connectivity index (χ1) is 13.2. The van der Waals surface area contributed by atoms with Crippen molar-refractivity contribution in [2.75, 3.05) is 0 Å². The topological polar surface area (TPSA) is 40.5 Å². The highest BCUT2D eigenvalue weighted by Crippen LogP contribution is 2.70. The van der Waals surface area contributed by atoms with Crippen LogP contribution in [0.2, 0.25) is 0 Å². The second kappa shape index (κ2) is 5.77. The number of benzene rings is 2. The summed E-state index contributed by atoms with van der Waals surface area (Å²) in [6.07, 6.45) is 7.29. The predicted octanol–water partition coefficient (Wildman–Crippen LogP) is 5.55. The van der Waals surface area contributed by atoms with Gasteiger partial charge >= 0.3 is 0 Å². The van der Waals surface area contributed by atoms with E-state index in [1.807, 2.05) is 24.3 Å². The highest BCUT2D eigenvalue weighted by atomic mass is 16.3. The number of phenols is 2. The monoisotopic (exact) mass is 360 g/mol. The lowest BCUT2D eigenvalue weighted by molar-refractivity contribution is 0.0977. The second-order valence-electron chi connectivity index (χ2n) is 9.71. The van der Waals surface area contributed by atoms with Crippen molar-refractivity contribution in [2.24, 2.45) is 41.4 Å². The third-order valence-corrected chi connectivity index (χ3v) is 8.72. The van der Waals surface area contributed by atoms with E-state index in [0.29, 0.717) is 23.3 Å². The van der Waals surface area contributed by atoms with Gasteiger partial charge in [0, 0.05) is 5.92 Å². The number of phenolic OH excluding ortho intramolecular Hbond substituents is 2. The number of hydrogen-bond acceptors (Lipinski definition) is 2. The summed E-state index contributed by atoms with van der Waals surface area (Å²) >= 11 is 0. The quantitative estimate of drug-likeness (QED) is 0.705. The minimum atomic E-state index is 0.337. The standard InChI is InChI=1S/C25H28O2/c26-19-7-3-14(4-8-19)23(15-5-9-20(27)10-6-15)21-12-18-13-22(21)25-17-2-1-16(11-17)24(18)25/h3-10,16-18,21-27H,1-2,11-13H2/t16-,17+,18-,21?,22-,24?,25?/m0/s1. The SMILES string of the molecule is Oc1ccc(C(c2ccc(O)cc2)C2C[C@H]3C[C@@H]2C2C3[C@H]3CC[C@@H]2C3)cc1. The fraction of sp³-hybridized carbons (Fsp3) is 0.520. The Balaban J connectivity index is 1.39. The van der Waals surface area contributed by atoms with Crippen molar-refractivity contribution in [3.8, 4) is 11.5 Å². The average molecular weight is 360 g/mol. The lowest BCUT2D eigenvalue weighted by Crippen LogP contribution is -2.35. The summed E-state index contributed by atoms with van der Waals surface area (Å²) in [5.41, 5.74) is 2.63. The normalized spacial score (nSPS) is 38.6. The van der Waals surface area contributed by atoms with Gasteiger partial charge in [-0.1, -0.05) is 24.3 Å². The van der Waals surface area contributed by atoms with E-state index in [4.69, 9.17) is 0 Å². The smallest absolute Gasteiger partial charge is 0.115 e. The molecule has 0 amide bonds. The van der Waals surface area contributed by atoms with Gasteiger partial charge in [0.2, 0.25) is 0 Å². The maximum Gasteiger partial charge on any atom is 0.115 e. The Morgan fingerprint density at radius 1 is 0.630 bits per heavy atom. The molecule has 6 rings (SSSR count). The van der Waals surface area contributed by atoms with Crippen molar-refractivity contribution >= 4 is 0 Å². The van der Waals surface area contributed by atoms with Crippen LogP contribution in [0.3, 0.4) is 0 Å². The Bertz CT molecular complexity index is 794. The number of hydrogen-bond donors (Lipinski definition) is 2. The highest BCUT2D eigenvalue weighted by Gasteiger charge is 2.63. The van der Waals surface area contributed by atoms with Crippen LogP contribution >= 0.6 is 0 Å². The Morgan fingerprint density at radius 2 is 1.19 bits per heavy atom. The summed E-state index contributed by atoms with van der Waals surface area (Å²) in [7, 11) is 0. The first-order valence-electron chi connectivity index (χ1n) is 10.8. The molecule has 0 aromatic heterocycles. The van der Waals surface area contributed by atoms with E-state index in [1.54, 1.807) is 0 Å². The lowest BCUT2D eigenvalue weighted by Gasteiger charge is -2.42. The van der Waals surface area contributed by atoms with Crippen LogP contribution in [0.15, 0.2) is 48.5 Å². The molecule has 4 saturated carbocycles. The molecule has 4 aliphatic rings. The third-order valence-electron chi connectivity index (χ3n) is 8.72. The first-order valence-corrected chi connectivity index (χ1v) is 10.8. The molecule has 0 radical (unpaired) electrons. The molecule has 2 aromatic rings. The number of fused-ring (bicyclic) bond motifs is 9. The van der Waals surface area contributed by atoms with Gasteiger partial charge in [-0.05, 0) is 109 Å². The fourth-order valence-corrected chi connectivity index (χ4v) is 8.05. The summed E-state index contributed by atoms with van der Waals surface area (Å²) in [6.45, 7) is 0. The summed E-state index contributed by atoms with van der Waals surface area (Å²) in [4.78, 5) is 0.